The summed E-state index contributed by atoms with van der Waals surface area (Å²) in [6, 6.07) is 11.7. The Balaban J connectivity index is 1.17. The van der Waals surface area contributed by atoms with Gasteiger partial charge in [-0.2, -0.15) is 4.98 Å². The van der Waals surface area contributed by atoms with E-state index in [1.54, 1.807) is 18.4 Å². The number of amides is 1. The molecule has 0 radical (unpaired) electrons. The summed E-state index contributed by atoms with van der Waals surface area (Å²) in [5.41, 5.74) is 2.08. The summed E-state index contributed by atoms with van der Waals surface area (Å²) in [7, 11) is 0. The molecule has 0 N–H and O–H groups in total. The number of nitrogens with zero attached hydrogens (tertiary/aromatic N) is 4. The molecular formula is C25H32N4O5. The highest BCUT2D eigenvalue weighted by Crippen LogP contribution is 2.23. The number of hydrogen-bond acceptors (Lipinski definition) is 8. The summed E-state index contributed by atoms with van der Waals surface area (Å²) in [6.45, 7) is 7.94. The largest absolute Gasteiger partial charge is 0.459 e. The molecule has 9 heteroatoms. The maximum Gasteiger partial charge on any atom is 0.293 e. The lowest BCUT2D eigenvalue weighted by Gasteiger charge is -2.34. The van der Waals surface area contributed by atoms with E-state index in [1.165, 1.54) is 5.56 Å². The third kappa shape index (κ3) is 6.75. The van der Waals surface area contributed by atoms with E-state index >= 15 is 0 Å². The van der Waals surface area contributed by atoms with Crippen LogP contribution in [0.25, 0.3) is 23.0 Å². The van der Waals surface area contributed by atoms with Crippen LogP contribution in [-0.2, 0) is 20.8 Å². The molecule has 4 rings (SSSR count). The highest BCUT2D eigenvalue weighted by molar-refractivity contribution is 5.77. The number of furan rings is 1. The normalized spacial score (nSPS) is 14.6. The first-order valence-corrected chi connectivity index (χ1v) is 11.9. The topological polar surface area (TPSA) is 94.1 Å². The Morgan fingerprint density at radius 1 is 1.03 bits per heavy atom. The number of unbranched alkanes of at least 4 members (excludes halogenated alkanes) is 1. The molecule has 1 amide bonds. The fourth-order valence-corrected chi connectivity index (χ4v) is 3.73. The van der Waals surface area contributed by atoms with Crippen LogP contribution in [0.2, 0.25) is 0 Å². The highest BCUT2D eigenvalue weighted by Gasteiger charge is 2.21. The predicted octanol–water partition coefficient (Wildman–Crippen LogP) is 3.47. The van der Waals surface area contributed by atoms with Crippen molar-refractivity contribution in [3.05, 3.63) is 48.2 Å². The van der Waals surface area contributed by atoms with Crippen LogP contribution in [0.1, 0.15) is 25.3 Å². The third-order valence-electron chi connectivity index (χ3n) is 5.74. The monoisotopic (exact) mass is 468 g/mol. The van der Waals surface area contributed by atoms with Gasteiger partial charge in [0.05, 0.1) is 19.5 Å². The molecule has 0 atom stereocenters. The molecule has 3 aromatic rings. The van der Waals surface area contributed by atoms with Crippen LogP contribution >= 0.6 is 0 Å². The quantitative estimate of drug-likeness (QED) is 0.373. The molecule has 0 aliphatic carbocycles. The number of ether oxygens (including phenoxy) is 2. The summed E-state index contributed by atoms with van der Waals surface area (Å²) in [6.07, 6.45) is 3.74. The zero-order chi connectivity index (χ0) is 23.6. The van der Waals surface area contributed by atoms with Crippen LogP contribution in [0.15, 0.2) is 51.6 Å². The standard InChI is InChI=1S/C25H32N4O5/c1-2-3-14-31-16-17-32-19-23(30)29-12-10-28(11-13-29)18-20-6-8-21(9-7-20)24-26-25(34-27-24)22-5-4-15-33-22/h4-9,15H,2-3,10-14,16-19H2,1H3. The molecule has 1 aliphatic rings. The number of carbonyl (C=O) groups excluding carboxylic acids is 1. The number of piperazine rings is 1. The average Bonchev–Trinajstić information content (AvgIpc) is 3.57. The smallest absolute Gasteiger partial charge is 0.293 e. The molecule has 1 fully saturated rings. The van der Waals surface area contributed by atoms with E-state index in [0.29, 0.717) is 43.8 Å². The Kier molecular flexibility index (Phi) is 8.84. The van der Waals surface area contributed by atoms with Gasteiger partial charge in [0.15, 0.2) is 5.76 Å². The fraction of sp³-hybridized carbons (Fsp3) is 0.480. The SMILES string of the molecule is CCCCOCCOCC(=O)N1CCN(Cc2ccc(-c3noc(-c4ccco4)n3)cc2)CC1. The third-order valence-corrected chi connectivity index (χ3v) is 5.74. The van der Waals surface area contributed by atoms with Gasteiger partial charge in [0.2, 0.25) is 11.7 Å². The Hall–Kier alpha value is -3.01. The molecule has 1 saturated heterocycles. The molecule has 2 aromatic heterocycles. The minimum Gasteiger partial charge on any atom is -0.459 e. The first-order chi connectivity index (χ1) is 16.7. The van der Waals surface area contributed by atoms with E-state index in [-0.39, 0.29) is 12.5 Å². The van der Waals surface area contributed by atoms with Crippen molar-refractivity contribution in [1.82, 2.24) is 19.9 Å². The summed E-state index contributed by atoms with van der Waals surface area (Å²) in [5.74, 6) is 1.49. The molecule has 3 heterocycles. The lowest BCUT2D eigenvalue weighted by atomic mass is 10.1. The predicted molar refractivity (Wildman–Crippen MR) is 126 cm³/mol. The van der Waals surface area contributed by atoms with Crippen molar-refractivity contribution in [3.63, 3.8) is 0 Å². The van der Waals surface area contributed by atoms with E-state index in [1.807, 2.05) is 17.0 Å². The van der Waals surface area contributed by atoms with Gasteiger partial charge in [0, 0.05) is 44.9 Å². The van der Waals surface area contributed by atoms with E-state index < -0.39 is 0 Å². The summed E-state index contributed by atoms with van der Waals surface area (Å²) in [4.78, 5) is 21.0. The van der Waals surface area contributed by atoms with Crippen LogP contribution in [0.5, 0.6) is 0 Å². The zero-order valence-electron chi connectivity index (χ0n) is 19.6. The van der Waals surface area contributed by atoms with Crippen LogP contribution in [0.3, 0.4) is 0 Å². The van der Waals surface area contributed by atoms with Crippen molar-refractivity contribution in [2.45, 2.75) is 26.3 Å². The van der Waals surface area contributed by atoms with Crippen molar-refractivity contribution >= 4 is 5.91 Å². The summed E-state index contributed by atoms with van der Waals surface area (Å²) < 4.78 is 21.5. The van der Waals surface area contributed by atoms with Crippen molar-refractivity contribution < 1.29 is 23.2 Å². The minimum absolute atomic E-state index is 0.0478. The molecule has 0 spiro atoms. The number of rotatable bonds is 12. The lowest BCUT2D eigenvalue weighted by Crippen LogP contribution is -2.49. The van der Waals surface area contributed by atoms with Gasteiger partial charge in [-0.1, -0.05) is 42.8 Å². The van der Waals surface area contributed by atoms with Gasteiger partial charge in [-0.15, -0.1) is 0 Å². The second kappa shape index (κ2) is 12.5. The zero-order valence-corrected chi connectivity index (χ0v) is 19.6. The van der Waals surface area contributed by atoms with E-state index in [4.69, 9.17) is 18.4 Å². The fourth-order valence-electron chi connectivity index (χ4n) is 3.73. The Morgan fingerprint density at radius 2 is 1.82 bits per heavy atom. The maximum atomic E-state index is 12.4. The van der Waals surface area contributed by atoms with Crippen molar-refractivity contribution in [2.75, 3.05) is 52.6 Å². The summed E-state index contributed by atoms with van der Waals surface area (Å²) in [5, 5.41) is 4.04. The van der Waals surface area contributed by atoms with Crippen LogP contribution in [0.4, 0.5) is 0 Å². The van der Waals surface area contributed by atoms with E-state index in [2.05, 4.69) is 34.1 Å². The molecule has 0 saturated carbocycles. The lowest BCUT2D eigenvalue weighted by molar-refractivity contribution is -0.138. The molecule has 9 nitrogen and oxygen atoms in total. The Labute approximate surface area is 199 Å². The molecule has 34 heavy (non-hydrogen) atoms. The number of hydrogen-bond donors (Lipinski definition) is 0. The number of carbonyl (C=O) groups is 1. The van der Waals surface area contributed by atoms with Gasteiger partial charge in [-0.3, -0.25) is 9.69 Å². The Morgan fingerprint density at radius 3 is 2.56 bits per heavy atom. The second-order valence-electron chi connectivity index (χ2n) is 8.27. The first-order valence-electron chi connectivity index (χ1n) is 11.9. The minimum atomic E-state index is 0.0478. The average molecular weight is 469 g/mol. The van der Waals surface area contributed by atoms with Crippen LogP contribution in [0, 0.1) is 0 Å². The summed E-state index contributed by atoms with van der Waals surface area (Å²) >= 11 is 0. The highest BCUT2D eigenvalue weighted by atomic mass is 16.5. The molecule has 182 valence electrons. The molecule has 0 bridgehead atoms. The molecule has 0 unspecified atom stereocenters. The van der Waals surface area contributed by atoms with Crippen molar-refractivity contribution in [3.8, 4) is 23.0 Å². The van der Waals surface area contributed by atoms with E-state index in [0.717, 1.165) is 44.6 Å². The molecule has 1 aliphatic heterocycles. The van der Waals surface area contributed by atoms with Crippen molar-refractivity contribution in [1.29, 1.82) is 0 Å². The van der Waals surface area contributed by atoms with Gasteiger partial charge >= 0.3 is 0 Å². The van der Waals surface area contributed by atoms with Gasteiger partial charge in [0.25, 0.3) is 5.89 Å². The van der Waals surface area contributed by atoms with Gasteiger partial charge < -0.3 is 23.3 Å². The second-order valence-corrected chi connectivity index (χ2v) is 8.27. The molecule has 1 aromatic carbocycles. The molecular weight excluding hydrogens is 436 g/mol. The van der Waals surface area contributed by atoms with Gasteiger partial charge in [-0.05, 0) is 24.1 Å². The number of aromatic nitrogens is 2. The van der Waals surface area contributed by atoms with Crippen LogP contribution in [-0.4, -0.2) is 78.5 Å². The van der Waals surface area contributed by atoms with Crippen molar-refractivity contribution in [2.24, 2.45) is 0 Å². The Bertz CT molecular complexity index is 995. The number of benzene rings is 1. The maximum absolute atomic E-state index is 12.4. The van der Waals surface area contributed by atoms with Gasteiger partial charge in [-0.25, -0.2) is 0 Å². The van der Waals surface area contributed by atoms with Crippen LogP contribution < -0.4 is 0 Å². The van der Waals surface area contributed by atoms with E-state index in [9.17, 15) is 4.79 Å². The van der Waals surface area contributed by atoms with Gasteiger partial charge in [0.1, 0.15) is 6.61 Å². The first kappa shape index (κ1) is 24.1.